The molecular formula is C15H22N6. The second-order valence-electron chi connectivity index (χ2n) is 5.76. The molecule has 6 heteroatoms. The fourth-order valence-electron chi connectivity index (χ4n) is 2.96. The fraction of sp³-hybridized carbons (Fsp3) is 0.533. The van der Waals surface area contributed by atoms with Gasteiger partial charge in [0, 0.05) is 50.7 Å². The van der Waals surface area contributed by atoms with E-state index in [1.165, 1.54) is 18.4 Å². The first-order valence-electron chi connectivity index (χ1n) is 7.43. The molecule has 0 radical (unpaired) electrons. The molecular weight excluding hydrogens is 264 g/mol. The van der Waals surface area contributed by atoms with Crippen LogP contribution in [0.15, 0.2) is 30.7 Å². The van der Waals surface area contributed by atoms with Crippen LogP contribution in [0.5, 0.6) is 0 Å². The van der Waals surface area contributed by atoms with E-state index in [1.54, 1.807) is 6.20 Å². The number of aromatic nitrogens is 4. The lowest BCUT2D eigenvalue weighted by atomic mass is 10.0. The summed E-state index contributed by atoms with van der Waals surface area (Å²) in [6.07, 6.45) is 8.17. The summed E-state index contributed by atoms with van der Waals surface area (Å²) >= 11 is 0. The Morgan fingerprint density at radius 3 is 3.05 bits per heavy atom. The lowest BCUT2D eigenvalue weighted by Gasteiger charge is -2.37. The first kappa shape index (κ1) is 14.0. The molecule has 3 rings (SSSR count). The van der Waals surface area contributed by atoms with Gasteiger partial charge in [-0.1, -0.05) is 0 Å². The molecule has 0 amide bonds. The number of rotatable bonds is 4. The van der Waals surface area contributed by atoms with E-state index in [0.29, 0.717) is 6.04 Å². The SMILES string of the molecule is CN(Cc1cnn(C)c1)C1CCCN(c2cccnn2)C1. The quantitative estimate of drug-likeness (QED) is 0.848. The maximum atomic E-state index is 4.24. The summed E-state index contributed by atoms with van der Waals surface area (Å²) in [5.74, 6) is 0.983. The van der Waals surface area contributed by atoms with E-state index in [4.69, 9.17) is 0 Å². The number of hydrogen-bond donors (Lipinski definition) is 0. The van der Waals surface area contributed by atoms with Crippen molar-refractivity contribution in [1.82, 2.24) is 24.9 Å². The van der Waals surface area contributed by atoms with Crippen LogP contribution >= 0.6 is 0 Å². The van der Waals surface area contributed by atoms with Gasteiger partial charge in [-0.3, -0.25) is 9.58 Å². The van der Waals surface area contributed by atoms with Crippen LogP contribution in [-0.2, 0) is 13.6 Å². The first-order valence-corrected chi connectivity index (χ1v) is 7.43. The summed E-state index contributed by atoms with van der Waals surface area (Å²) in [5, 5.41) is 12.5. The summed E-state index contributed by atoms with van der Waals surface area (Å²) in [7, 11) is 4.15. The van der Waals surface area contributed by atoms with Gasteiger partial charge in [-0.2, -0.15) is 10.2 Å². The van der Waals surface area contributed by atoms with Crippen molar-refractivity contribution in [3.05, 3.63) is 36.3 Å². The van der Waals surface area contributed by atoms with E-state index in [9.17, 15) is 0 Å². The third kappa shape index (κ3) is 3.39. The van der Waals surface area contributed by atoms with Gasteiger partial charge in [0.15, 0.2) is 5.82 Å². The Hall–Kier alpha value is -1.95. The Bertz CT molecular complexity index is 567. The van der Waals surface area contributed by atoms with Crippen LogP contribution in [0.1, 0.15) is 18.4 Å². The Morgan fingerprint density at radius 1 is 1.43 bits per heavy atom. The highest BCUT2D eigenvalue weighted by molar-refractivity contribution is 5.37. The van der Waals surface area contributed by atoms with Gasteiger partial charge in [0.25, 0.3) is 0 Å². The van der Waals surface area contributed by atoms with Crippen LogP contribution in [0.4, 0.5) is 5.82 Å². The Morgan fingerprint density at radius 2 is 2.33 bits per heavy atom. The van der Waals surface area contributed by atoms with E-state index in [0.717, 1.165) is 25.5 Å². The Balaban J connectivity index is 1.62. The van der Waals surface area contributed by atoms with Gasteiger partial charge in [0.1, 0.15) is 0 Å². The molecule has 21 heavy (non-hydrogen) atoms. The minimum Gasteiger partial charge on any atom is -0.354 e. The van der Waals surface area contributed by atoms with E-state index in [2.05, 4.69) is 38.3 Å². The molecule has 0 aliphatic carbocycles. The molecule has 1 saturated heterocycles. The molecule has 0 saturated carbocycles. The van der Waals surface area contributed by atoms with E-state index < -0.39 is 0 Å². The van der Waals surface area contributed by atoms with Crippen molar-refractivity contribution in [2.75, 3.05) is 25.0 Å². The molecule has 6 nitrogen and oxygen atoms in total. The predicted molar refractivity (Wildman–Crippen MR) is 81.9 cm³/mol. The van der Waals surface area contributed by atoms with Crippen LogP contribution in [-0.4, -0.2) is 51.1 Å². The smallest absolute Gasteiger partial charge is 0.151 e. The third-order valence-electron chi connectivity index (χ3n) is 4.09. The molecule has 0 bridgehead atoms. The molecule has 3 heterocycles. The Kier molecular flexibility index (Phi) is 4.15. The number of anilines is 1. The van der Waals surface area contributed by atoms with Gasteiger partial charge in [-0.15, -0.1) is 5.10 Å². The molecule has 0 N–H and O–H groups in total. The monoisotopic (exact) mass is 286 g/mol. The van der Waals surface area contributed by atoms with Crippen LogP contribution in [0.2, 0.25) is 0 Å². The molecule has 0 spiro atoms. The fourth-order valence-corrected chi connectivity index (χ4v) is 2.96. The zero-order valence-electron chi connectivity index (χ0n) is 12.7. The van der Waals surface area contributed by atoms with E-state index in [-0.39, 0.29) is 0 Å². The number of hydrogen-bond acceptors (Lipinski definition) is 5. The van der Waals surface area contributed by atoms with Gasteiger partial charge in [-0.05, 0) is 32.0 Å². The summed E-state index contributed by atoms with van der Waals surface area (Å²) in [4.78, 5) is 4.75. The van der Waals surface area contributed by atoms with Crippen LogP contribution in [0.3, 0.4) is 0 Å². The molecule has 112 valence electrons. The van der Waals surface area contributed by atoms with Crippen molar-refractivity contribution in [2.24, 2.45) is 7.05 Å². The second kappa shape index (κ2) is 6.22. The van der Waals surface area contributed by atoms with Gasteiger partial charge >= 0.3 is 0 Å². The zero-order valence-corrected chi connectivity index (χ0v) is 12.7. The number of nitrogens with zero attached hydrogens (tertiary/aromatic N) is 6. The average Bonchev–Trinajstić information content (AvgIpc) is 2.93. The second-order valence-corrected chi connectivity index (χ2v) is 5.76. The third-order valence-corrected chi connectivity index (χ3v) is 4.09. The molecule has 0 aromatic carbocycles. The normalized spacial score (nSPS) is 19.2. The summed E-state index contributed by atoms with van der Waals surface area (Å²) in [6, 6.07) is 4.53. The summed E-state index contributed by atoms with van der Waals surface area (Å²) in [6.45, 7) is 3.01. The van der Waals surface area contributed by atoms with Crippen molar-refractivity contribution in [1.29, 1.82) is 0 Å². The van der Waals surface area contributed by atoms with Gasteiger partial charge in [0.2, 0.25) is 0 Å². The molecule has 2 aromatic heterocycles. The lowest BCUT2D eigenvalue weighted by molar-refractivity contribution is 0.207. The minimum atomic E-state index is 0.543. The zero-order chi connectivity index (χ0) is 14.7. The molecule has 1 unspecified atom stereocenters. The van der Waals surface area contributed by atoms with Crippen molar-refractivity contribution in [3.63, 3.8) is 0 Å². The Labute approximate surface area is 125 Å². The number of aryl methyl sites for hydroxylation is 1. The molecule has 1 fully saturated rings. The van der Waals surface area contributed by atoms with E-state index >= 15 is 0 Å². The lowest BCUT2D eigenvalue weighted by Crippen LogP contribution is -2.46. The van der Waals surface area contributed by atoms with Gasteiger partial charge in [0.05, 0.1) is 6.20 Å². The molecule has 2 aromatic rings. The maximum Gasteiger partial charge on any atom is 0.151 e. The van der Waals surface area contributed by atoms with Gasteiger partial charge in [-0.25, -0.2) is 0 Å². The highest BCUT2D eigenvalue weighted by Crippen LogP contribution is 2.20. The van der Waals surface area contributed by atoms with Crippen molar-refractivity contribution < 1.29 is 0 Å². The standard InChI is InChI=1S/C15H22N6/c1-19(10-13-9-17-20(2)11-13)14-5-4-8-21(12-14)15-6-3-7-16-18-15/h3,6-7,9,11,14H,4-5,8,10,12H2,1-2H3. The van der Waals surface area contributed by atoms with Crippen molar-refractivity contribution in [2.45, 2.75) is 25.4 Å². The van der Waals surface area contributed by atoms with Crippen LogP contribution < -0.4 is 4.90 Å². The molecule has 1 aliphatic rings. The molecule has 1 atom stereocenters. The van der Waals surface area contributed by atoms with Crippen molar-refractivity contribution in [3.8, 4) is 0 Å². The van der Waals surface area contributed by atoms with Gasteiger partial charge < -0.3 is 4.90 Å². The highest BCUT2D eigenvalue weighted by Gasteiger charge is 2.24. The maximum absolute atomic E-state index is 4.24. The van der Waals surface area contributed by atoms with E-state index in [1.807, 2.05) is 30.1 Å². The summed E-state index contributed by atoms with van der Waals surface area (Å²) in [5.41, 5.74) is 1.26. The van der Waals surface area contributed by atoms with Crippen molar-refractivity contribution >= 4 is 5.82 Å². The minimum absolute atomic E-state index is 0.543. The number of likely N-dealkylation sites (N-methyl/N-ethyl adjacent to an activating group) is 1. The highest BCUT2D eigenvalue weighted by atomic mass is 15.3. The average molecular weight is 286 g/mol. The molecule has 1 aliphatic heterocycles. The first-order chi connectivity index (χ1) is 10.2. The van der Waals surface area contributed by atoms with Crippen LogP contribution in [0.25, 0.3) is 0 Å². The van der Waals surface area contributed by atoms with Crippen LogP contribution in [0, 0.1) is 0 Å². The largest absolute Gasteiger partial charge is 0.354 e. The number of piperidine rings is 1. The topological polar surface area (TPSA) is 50.1 Å². The predicted octanol–water partition coefficient (Wildman–Crippen LogP) is 1.31. The summed E-state index contributed by atoms with van der Waals surface area (Å²) < 4.78 is 1.86.